The highest BCUT2D eigenvalue weighted by Gasteiger charge is 2.26. The molecule has 1 aromatic heterocycles. The van der Waals surface area contributed by atoms with E-state index >= 15 is 0 Å². The first-order valence-corrected chi connectivity index (χ1v) is 10.8. The van der Waals surface area contributed by atoms with Gasteiger partial charge in [0.15, 0.2) is 17.6 Å². The number of nitrogens with one attached hydrogen (secondary N) is 2. The lowest BCUT2D eigenvalue weighted by molar-refractivity contribution is -0.131. The number of aliphatic imine (C=N–C) groups is 1. The quantitative estimate of drug-likeness (QED) is 0.423. The molecule has 1 amide bonds. The number of carbonyl (C=O) groups is 1. The Hall–Kier alpha value is -3.16. The number of anilines is 1. The summed E-state index contributed by atoms with van der Waals surface area (Å²) >= 11 is 0. The van der Waals surface area contributed by atoms with Gasteiger partial charge in [-0.05, 0) is 36.1 Å². The van der Waals surface area contributed by atoms with Gasteiger partial charge < -0.3 is 20.4 Å². The van der Waals surface area contributed by atoms with Crippen molar-refractivity contribution < 1.29 is 9.18 Å². The summed E-state index contributed by atoms with van der Waals surface area (Å²) in [4.78, 5) is 24.8. The van der Waals surface area contributed by atoms with Crippen LogP contribution in [0.5, 0.6) is 0 Å². The summed E-state index contributed by atoms with van der Waals surface area (Å²) in [7, 11) is 1.73. The first-order chi connectivity index (χ1) is 15.1. The molecule has 2 aromatic rings. The van der Waals surface area contributed by atoms with Gasteiger partial charge in [-0.2, -0.15) is 0 Å². The second-order valence-corrected chi connectivity index (χ2v) is 8.01. The molecule has 4 rings (SSSR count). The van der Waals surface area contributed by atoms with E-state index < -0.39 is 0 Å². The van der Waals surface area contributed by atoms with E-state index in [2.05, 4.69) is 32.7 Å². The summed E-state index contributed by atoms with van der Waals surface area (Å²) in [6.45, 7) is 3.50. The highest BCUT2D eigenvalue weighted by atomic mass is 19.1. The van der Waals surface area contributed by atoms with Crippen molar-refractivity contribution in [1.29, 1.82) is 0 Å². The molecule has 0 spiro atoms. The van der Waals surface area contributed by atoms with E-state index in [1.165, 1.54) is 17.2 Å². The zero-order chi connectivity index (χ0) is 21.6. The molecule has 2 aliphatic heterocycles. The number of halogens is 1. The van der Waals surface area contributed by atoms with Gasteiger partial charge in [0, 0.05) is 58.4 Å². The number of aromatic nitrogens is 1. The molecule has 164 valence electrons. The Balaban J connectivity index is 1.17. The van der Waals surface area contributed by atoms with E-state index in [0.717, 1.165) is 19.4 Å². The van der Waals surface area contributed by atoms with Crippen LogP contribution >= 0.6 is 0 Å². The molecule has 0 bridgehead atoms. The van der Waals surface area contributed by atoms with Crippen molar-refractivity contribution in [2.24, 2.45) is 4.99 Å². The Morgan fingerprint density at radius 1 is 1.23 bits per heavy atom. The largest absolute Gasteiger partial charge is 0.356 e. The maximum atomic E-state index is 14.0. The number of rotatable bonds is 6. The molecule has 1 aromatic carbocycles. The van der Waals surface area contributed by atoms with Crippen molar-refractivity contribution in [3.05, 3.63) is 59.5 Å². The molecule has 3 heterocycles. The second-order valence-electron chi connectivity index (χ2n) is 8.01. The number of benzene rings is 1. The maximum Gasteiger partial charge on any atom is 0.223 e. The van der Waals surface area contributed by atoms with Crippen molar-refractivity contribution in [2.75, 3.05) is 31.6 Å². The van der Waals surface area contributed by atoms with E-state index in [0.29, 0.717) is 44.4 Å². The molecule has 31 heavy (non-hydrogen) atoms. The molecule has 1 fully saturated rings. The van der Waals surface area contributed by atoms with Crippen LogP contribution in [0.3, 0.4) is 0 Å². The van der Waals surface area contributed by atoms with Gasteiger partial charge in [0.05, 0.1) is 0 Å². The lowest BCUT2D eigenvalue weighted by Crippen LogP contribution is -2.45. The standard InChI is InChI=1S/C23H29FN6O/c1-25-23(28-19-10-13-29(16-19)22-20(24)8-4-11-26-22)27-12-5-9-21(31)30-14-17-6-2-3-7-18(17)15-30/h2-4,6-8,11,19H,5,9-10,12-16H2,1H3,(H2,25,27,28). The second kappa shape index (κ2) is 9.76. The van der Waals surface area contributed by atoms with Crippen LogP contribution < -0.4 is 15.5 Å². The molecule has 1 saturated heterocycles. The van der Waals surface area contributed by atoms with Gasteiger partial charge in [0.1, 0.15) is 0 Å². The monoisotopic (exact) mass is 424 g/mol. The number of carbonyl (C=O) groups excluding carboxylic acids is 1. The third-order valence-corrected chi connectivity index (χ3v) is 5.84. The fourth-order valence-electron chi connectivity index (χ4n) is 4.18. The summed E-state index contributed by atoms with van der Waals surface area (Å²) in [5, 5.41) is 6.68. The van der Waals surface area contributed by atoms with Gasteiger partial charge in [-0.25, -0.2) is 9.37 Å². The predicted molar refractivity (Wildman–Crippen MR) is 119 cm³/mol. The normalized spacial score (nSPS) is 18.3. The highest BCUT2D eigenvalue weighted by molar-refractivity contribution is 5.80. The van der Waals surface area contributed by atoms with E-state index in [1.54, 1.807) is 19.3 Å². The maximum absolute atomic E-state index is 14.0. The molecular formula is C23H29FN6O. The fraction of sp³-hybridized carbons (Fsp3) is 0.435. The summed E-state index contributed by atoms with van der Waals surface area (Å²) in [5.74, 6) is 0.993. The van der Waals surface area contributed by atoms with Crippen LogP contribution in [0.15, 0.2) is 47.6 Å². The van der Waals surface area contributed by atoms with E-state index in [1.807, 2.05) is 21.9 Å². The average Bonchev–Trinajstić information content (AvgIpc) is 3.43. The lowest BCUT2D eigenvalue weighted by atomic mass is 10.1. The van der Waals surface area contributed by atoms with Crippen molar-refractivity contribution in [1.82, 2.24) is 20.5 Å². The predicted octanol–water partition coefficient (Wildman–Crippen LogP) is 2.29. The third-order valence-electron chi connectivity index (χ3n) is 5.84. The molecular weight excluding hydrogens is 395 g/mol. The van der Waals surface area contributed by atoms with Gasteiger partial charge in [-0.1, -0.05) is 24.3 Å². The zero-order valence-corrected chi connectivity index (χ0v) is 17.9. The molecule has 2 aliphatic rings. The van der Waals surface area contributed by atoms with Crippen LogP contribution in [0.25, 0.3) is 0 Å². The molecule has 0 radical (unpaired) electrons. The molecule has 8 heteroatoms. The Morgan fingerprint density at radius 3 is 2.71 bits per heavy atom. The number of nitrogens with zero attached hydrogens (tertiary/aromatic N) is 4. The lowest BCUT2D eigenvalue weighted by Gasteiger charge is -2.20. The minimum atomic E-state index is -0.295. The minimum Gasteiger partial charge on any atom is -0.356 e. The van der Waals surface area contributed by atoms with E-state index in [-0.39, 0.29) is 17.8 Å². The summed E-state index contributed by atoms with van der Waals surface area (Å²) in [5.41, 5.74) is 2.49. The van der Waals surface area contributed by atoms with Crippen LogP contribution in [-0.4, -0.2) is 54.5 Å². The number of hydrogen-bond acceptors (Lipinski definition) is 4. The number of pyridine rings is 1. The Bertz CT molecular complexity index is 924. The third kappa shape index (κ3) is 5.13. The Kier molecular flexibility index (Phi) is 6.64. The van der Waals surface area contributed by atoms with Crippen LogP contribution in [0.2, 0.25) is 0 Å². The molecule has 0 saturated carbocycles. The van der Waals surface area contributed by atoms with E-state index in [4.69, 9.17) is 0 Å². The first kappa shape index (κ1) is 21.1. The SMILES string of the molecule is CN=C(NCCCC(=O)N1Cc2ccccc2C1)NC1CCN(c2ncccc2F)C1. The zero-order valence-electron chi connectivity index (χ0n) is 17.9. The van der Waals surface area contributed by atoms with Crippen LogP contribution in [0.4, 0.5) is 10.2 Å². The molecule has 1 unspecified atom stereocenters. The van der Waals surface area contributed by atoms with Crippen LogP contribution in [0, 0.1) is 5.82 Å². The summed E-state index contributed by atoms with van der Waals surface area (Å²) in [6, 6.07) is 11.4. The van der Waals surface area contributed by atoms with Gasteiger partial charge in [-0.15, -0.1) is 0 Å². The van der Waals surface area contributed by atoms with Crippen molar-refractivity contribution >= 4 is 17.7 Å². The summed E-state index contributed by atoms with van der Waals surface area (Å²) < 4.78 is 14.0. The van der Waals surface area contributed by atoms with Gasteiger partial charge in [0.25, 0.3) is 0 Å². The first-order valence-electron chi connectivity index (χ1n) is 10.8. The smallest absolute Gasteiger partial charge is 0.223 e. The van der Waals surface area contributed by atoms with Gasteiger partial charge >= 0.3 is 0 Å². The average molecular weight is 425 g/mol. The number of fused-ring (bicyclic) bond motifs is 1. The van der Waals surface area contributed by atoms with Crippen LogP contribution in [0.1, 0.15) is 30.4 Å². The minimum absolute atomic E-state index is 0.164. The van der Waals surface area contributed by atoms with Crippen molar-refractivity contribution in [3.63, 3.8) is 0 Å². The van der Waals surface area contributed by atoms with Crippen molar-refractivity contribution in [3.8, 4) is 0 Å². The fourth-order valence-corrected chi connectivity index (χ4v) is 4.18. The number of hydrogen-bond donors (Lipinski definition) is 2. The highest BCUT2D eigenvalue weighted by Crippen LogP contribution is 2.23. The number of guanidine groups is 1. The Morgan fingerprint density at radius 2 is 2.00 bits per heavy atom. The number of amides is 1. The van der Waals surface area contributed by atoms with Crippen molar-refractivity contribution in [2.45, 2.75) is 38.4 Å². The van der Waals surface area contributed by atoms with Crippen LogP contribution in [-0.2, 0) is 17.9 Å². The summed E-state index contributed by atoms with van der Waals surface area (Å²) in [6.07, 6.45) is 3.74. The molecule has 1 atom stereocenters. The molecule has 0 aliphatic carbocycles. The Labute approximate surface area is 182 Å². The van der Waals surface area contributed by atoms with Gasteiger partial charge in [-0.3, -0.25) is 9.79 Å². The van der Waals surface area contributed by atoms with Gasteiger partial charge in [0.2, 0.25) is 5.91 Å². The van der Waals surface area contributed by atoms with E-state index in [9.17, 15) is 9.18 Å². The topological polar surface area (TPSA) is 72.9 Å². The molecule has 2 N–H and O–H groups in total. The molecule has 7 nitrogen and oxygen atoms in total.